The number of nitrogens with zero attached hydrogens (tertiary/aromatic N) is 3. The average Bonchev–Trinajstić information content (AvgIpc) is 3.29. The summed E-state index contributed by atoms with van der Waals surface area (Å²) in [6, 6.07) is 5.91. The Kier molecular flexibility index (Phi) is 5.44. The first-order chi connectivity index (χ1) is 13.8. The minimum Gasteiger partial charge on any atom is -0.333 e. The molecule has 0 radical (unpaired) electrons. The van der Waals surface area contributed by atoms with Crippen molar-refractivity contribution in [2.75, 3.05) is 19.3 Å². The van der Waals surface area contributed by atoms with Crippen molar-refractivity contribution in [1.29, 1.82) is 0 Å². The fourth-order valence-electron chi connectivity index (χ4n) is 4.27. The van der Waals surface area contributed by atoms with Crippen molar-refractivity contribution in [3.05, 3.63) is 47.0 Å². The summed E-state index contributed by atoms with van der Waals surface area (Å²) in [6.45, 7) is 0.804. The van der Waals surface area contributed by atoms with Crippen LogP contribution in [0.1, 0.15) is 47.4 Å². The largest absolute Gasteiger partial charge is 0.333 e. The second-order valence-corrected chi connectivity index (χ2v) is 9.62. The molecule has 156 valence electrons. The summed E-state index contributed by atoms with van der Waals surface area (Å²) in [6.07, 6.45) is 6.30. The van der Waals surface area contributed by atoms with E-state index in [9.17, 15) is 17.6 Å². The summed E-state index contributed by atoms with van der Waals surface area (Å²) in [7, 11) is -3.32. The van der Waals surface area contributed by atoms with E-state index in [-0.39, 0.29) is 24.3 Å². The number of nitrogens with one attached hydrogen (secondary N) is 1. The van der Waals surface area contributed by atoms with Gasteiger partial charge in [-0.25, -0.2) is 22.2 Å². The van der Waals surface area contributed by atoms with Gasteiger partial charge in [0.25, 0.3) is 5.91 Å². The summed E-state index contributed by atoms with van der Waals surface area (Å²) in [4.78, 5) is 15.2. The number of piperidine rings is 1. The van der Waals surface area contributed by atoms with Gasteiger partial charge in [0.1, 0.15) is 5.82 Å². The van der Waals surface area contributed by atoms with Crippen molar-refractivity contribution in [2.45, 2.75) is 44.6 Å². The minimum absolute atomic E-state index is 0.149. The third-order valence-electron chi connectivity index (χ3n) is 5.67. The molecule has 0 saturated carbocycles. The molecule has 1 atom stereocenters. The van der Waals surface area contributed by atoms with E-state index in [1.807, 2.05) is 0 Å². The lowest BCUT2D eigenvalue weighted by atomic mass is 10.0. The second-order valence-electron chi connectivity index (χ2n) is 7.78. The predicted molar refractivity (Wildman–Crippen MR) is 107 cm³/mol. The second kappa shape index (κ2) is 7.87. The van der Waals surface area contributed by atoms with Crippen LogP contribution in [0, 0.1) is 5.82 Å². The van der Waals surface area contributed by atoms with E-state index < -0.39 is 10.0 Å². The summed E-state index contributed by atoms with van der Waals surface area (Å²) in [5.74, 6) is -0.465. The van der Waals surface area contributed by atoms with Crippen LogP contribution < -0.4 is 4.72 Å². The summed E-state index contributed by atoms with van der Waals surface area (Å²) in [5, 5.41) is 4.61. The Bertz CT molecular complexity index is 1020. The number of halogens is 1. The molecule has 1 unspecified atom stereocenters. The van der Waals surface area contributed by atoms with Gasteiger partial charge in [-0.05, 0) is 62.8 Å². The van der Waals surface area contributed by atoms with E-state index in [1.54, 1.807) is 21.7 Å². The Labute approximate surface area is 169 Å². The van der Waals surface area contributed by atoms with E-state index in [0.29, 0.717) is 12.2 Å². The third-order valence-corrected chi connectivity index (χ3v) is 6.36. The number of hydrogen-bond acceptors (Lipinski definition) is 4. The number of sulfonamides is 1. The van der Waals surface area contributed by atoms with Crippen LogP contribution in [0.3, 0.4) is 0 Å². The molecule has 1 aromatic heterocycles. The molecular formula is C20H25FN4O3S. The maximum Gasteiger partial charge on any atom is 0.274 e. The average molecular weight is 421 g/mol. The van der Waals surface area contributed by atoms with E-state index in [4.69, 9.17) is 0 Å². The Hall–Kier alpha value is -2.26. The van der Waals surface area contributed by atoms with Gasteiger partial charge in [0, 0.05) is 30.4 Å². The molecule has 1 aliphatic heterocycles. The lowest BCUT2D eigenvalue weighted by Gasteiger charge is -2.35. The zero-order valence-electron chi connectivity index (χ0n) is 16.4. The third kappa shape index (κ3) is 4.20. The van der Waals surface area contributed by atoms with Gasteiger partial charge in [-0.3, -0.25) is 4.79 Å². The molecule has 1 fully saturated rings. The molecule has 2 aliphatic rings. The molecule has 4 rings (SSSR count). The van der Waals surface area contributed by atoms with Gasteiger partial charge in [-0.15, -0.1) is 0 Å². The minimum atomic E-state index is -3.32. The highest BCUT2D eigenvalue weighted by Gasteiger charge is 2.34. The maximum atomic E-state index is 13.4. The van der Waals surface area contributed by atoms with Crippen LogP contribution in [-0.4, -0.2) is 54.4 Å². The summed E-state index contributed by atoms with van der Waals surface area (Å²) < 4.78 is 40.6. The smallest absolute Gasteiger partial charge is 0.274 e. The molecule has 0 bridgehead atoms. The van der Waals surface area contributed by atoms with Gasteiger partial charge < -0.3 is 4.90 Å². The molecule has 29 heavy (non-hydrogen) atoms. The fourth-order valence-corrected chi connectivity index (χ4v) is 4.76. The predicted octanol–water partition coefficient (Wildman–Crippen LogP) is 2.04. The zero-order chi connectivity index (χ0) is 20.6. The number of carbonyl (C=O) groups is 1. The van der Waals surface area contributed by atoms with Crippen LogP contribution in [0.15, 0.2) is 24.3 Å². The first-order valence-corrected chi connectivity index (χ1v) is 11.8. The molecule has 2 aromatic rings. The summed E-state index contributed by atoms with van der Waals surface area (Å²) >= 11 is 0. The molecule has 1 saturated heterocycles. The molecule has 1 amide bonds. The number of aromatic nitrogens is 2. The van der Waals surface area contributed by atoms with Crippen LogP contribution in [0.25, 0.3) is 5.69 Å². The SMILES string of the molecule is CS(=O)(=O)NCC1CCCCN1C(=O)c1nn(-c2ccc(F)cc2)c2c1CCC2. The molecule has 1 N–H and O–H groups in total. The fraction of sp³-hybridized carbons (Fsp3) is 0.500. The summed E-state index contributed by atoms with van der Waals surface area (Å²) in [5.41, 5.74) is 3.13. The van der Waals surface area contributed by atoms with Gasteiger partial charge in [0.2, 0.25) is 10.0 Å². The van der Waals surface area contributed by atoms with E-state index in [2.05, 4.69) is 9.82 Å². The van der Waals surface area contributed by atoms with E-state index >= 15 is 0 Å². The highest BCUT2D eigenvalue weighted by molar-refractivity contribution is 7.88. The van der Waals surface area contributed by atoms with E-state index in [0.717, 1.165) is 61.7 Å². The molecule has 1 aromatic carbocycles. The number of amides is 1. The highest BCUT2D eigenvalue weighted by Crippen LogP contribution is 2.30. The molecule has 7 nitrogen and oxygen atoms in total. The molecule has 1 aliphatic carbocycles. The first kappa shape index (κ1) is 20.0. The van der Waals surface area contributed by atoms with Gasteiger partial charge in [-0.2, -0.15) is 5.10 Å². The monoisotopic (exact) mass is 420 g/mol. The van der Waals surface area contributed by atoms with Crippen molar-refractivity contribution in [1.82, 2.24) is 19.4 Å². The van der Waals surface area contributed by atoms with Crippen molar-refractivity contribution in [3.63, 3.8) is 0 Å². The quantitative estimate of drug-likeness (QED) is 0.802. The Morgan fingerprint density at radius 1 is 1.21 bits per heavy atom. The van der Waals surface area contributed by atoms with Crippen LogP contribution in [0.5, 0.6) is 0 Å². The number of benzene rings is 1. The lowest BCUT2D eigenvalue weighted by Crippen LogP contribution is -2.49. The van der Waals surface area contributed by atoms with Gasteiger partial charge in [0.15, 0.2) is 5.69 Å². The highest BCUT2D eigenvalue weighted by atomic mass is 32.2. The van der Waals surface area contributed by atoms with Crippen LogP contribution >= 0.6 is 0 Å². The standard InChI is InChI=1S/C20H25FN4O3S/c1-29(27,28)22-13-16-5-2-3-12-24(16)20(26)19-17-6-4-7-18(17)25(23-19)15-10-8-14(21)9-11-15/h8-11,16,22H,2-7,12-13H2,1H3. The molecule has 2 heterocycles. The normalized spacial score (nSPS) is 19.4. The first-order valence-electron chi connectivity index (χ1n) is 9.96. The molecular weight excluding hydrogens is 395 g/mol. The maximum absolute atomic E-state index is 13.4. The van der Waals surface area contributed by atoms with Gasteiger partial charge >= 0.3 is 0 Å². The number of carbonyl (C=O) groups excluding carboxylic acids is 1. The Morgan fingerprint density at radius 2 is 1.97 bits per heavy atom. The number of fused-ring (bicyclic) bond motifs is 1. The number of hydrogen-bond donors (Lipinski definition) is 1. The number of likely N-dealkylation sites (tertiary alicyclic amines) is 1. The number of rotatable bonds is 5. The lowest BCUT2D eigenvalue weighted by molar-refractivity contribution is 0.0611. The topological polar surface area (TPSA) is 84.3 Å². The van der Waals surface area contributed by atoms with Gasteiger partial charge in [0.05, 0.1) is 11.9 Å². The molecule has 0 spiro atoms. The van der Waals surface area contributed by atoms with Crippen molar-refractivity contribution in [2.24, 2.45) is 0 Å². The van der Waals surface area contributed by atoms with Crippen LogP contribution in [0.4, 0.5) is 4.39 Å². The van der Waals surface area contributed by atoms with E-state index in [1.165, 1.54) is 12.1 Å². The van der Waals surface area contributed by atoms with Crippen molar-refractivity contribution in [3.8, 4) is 5.69 Å². The van der Waals surface area contributed by atoms with Crippen molar-refractivity contribution < 1.29 is 17.6 Å². The zero-order valence-corrected chi connectivity index (χ0v) is 17.2. The Morgan fingerprint density at radius 3 is 2.69 bits per heavy atom. The van der Waals surface area contributed by atoms with Gasteiger partial charge in [-0.1, -0.05) is 0 Å². The van der Waals surface area contributed by atoms with Crippen LogP contribution in [0.2, 0.25) is 0 Å². The van der Waals surface area contributed by atoms with Crippen molar-refractivity contribution >= 4 is 15.9 Å². The Balaban J connectivity index is 1.64. The van der Waals surface area contributed by atoms with Crippen LogP contribution in [-0.2, 0) is 22.9 Å². The molecule has 9 heteroatoms.